The van der Waals surface area contributed by atoms with Crippen LogP contribution in [0, 0.1) is 11.6 Å². The summed E-state index contributed by atoms with van der Waals surface area (Å²) in [7, 11) is 0. The van der Waals surface area contributed by atoms with Crippen LogP contribution in [-0.4, -0.2) is 5.11 Å². The van der Waals surface area contributed by atoms with Crippen molar-refractivity contribution < 1.29 is 13.9 Å². The molecule has 6 heteroatoms. The molecule has 2 rings (SSSR count). The van der Waals surface area contributed by atoms with Crippen LogP contribution in [0.2, 0.25) is 5.02 Å². The van der Waals surface area contributed by atoms with Crippen molar-refractivity contribution in [2.75, 3.05) is 0 Å². The van der Waals surface area contributed by atoms with Crippen molar-refractivity contribution >= 4 is 43.5 Å². The molecule has 0 aromatic heterocycles. The van der Waals surface area contributed by atoms with E-state index in [1.807, 2.05) is 0 Å². The fourth-order valence-corrected chi connectivity index (χ4v) is 3.02. The van der Waals surface area contributed by atoms with Gasteiger partial charge in [-0.1, -0.05) is 49.5 Å². The summed E-state index contributed by atoms with van der Waals surface area (Å²) in [6.45, 7) is 0. The van der Waals surface area contributed by atoms with Crippen LogP contribution in [0.4, 0.5) is 8.78 Å². The molecule has 1 nitrogen and oxygen atoms in total. The average Bonchev–Trinajstić information content (AvgIpc) is 2.31. The first-order valence-electron chi connectivity index (χ1n) is 5.65. The molecular formula is C14H9Br2ClF2O. The summed E-state index contributed by atoms with van der Waals surface area (Å²) < 4.78 is 28.6. The molecule has 1 atom stereocenters. The molecule has 0 spiro atoms. The van der Waals surface area contributed by atoms with E-state index >= 15 is 0 Å². The Hall–Kier alpha value is -0.490. The zero-order valence-corrected chi connectivity index (χ0v) is 13.9. The van der Waals surface area contributed by atoms with Crippen LogP contribution >= 0.6 is 43.5 Å². The minimum atomic E-state index is -1.30. The summed E-state index contributed by atoms with van der Waals surface area (Å²) in [5, 5.41) is 10.5. The van der Waals surface area contributed by atoms with Crippen LogP contribution in [0.1, 0.15) is 17.2 Å². The number of benzene rings is 2. The van der Waals surface area contributed by atoms with Gasteiger partial charge in [0.25, 0.3) is 0 Å². The number of aliphatic hydroxyl groups excluding tert-OH is 1. The van der Waals surface area contributed by atoms with Gasteiger partial charge in [-0.3, -0.25) is 0 Å². The third kappa shape index (κ3) is 3.58. The summed E-state index contributed by atoms with van der Waals surface area (Å²) in [4.78, 5) is 0. The summed E-state index contributed by atoms with van der Waals surface area (Å²) in [6, 6.07) is 7.35. The largest absolute Gasteiger partial charge is 0.388 e. The molecule has 0 radical (unpaired) electrons. The minimum Gasteiger partial charge on any atom is -0.388 e. The third-order valence-corrected chi connectivity index (χ3v) is 4.11. The smallest absolute Gasteiger partial charge is 0.133 e. The quantitative estimate of drug-likeness (QED) is 0.695. The maximum atomic E-state index is 13.8. The molecule has 2 aromatic carbocycles. The van der Waals surface area contributed by atoms with Gasteiger partial charge in [0, 0.05) is 20.4 Å². The topological polar surface area (TPSA) is 20.2 Å². The summed E-state index contributed by atoms with van der Waals surface area (Å²) >= 11 is 12.3. The van der Waals surface area contributed by atoms with E-state index < -0.39 is 17.7 Å². The SMILES string of the molecule is OC(Cc1ccc(Br)cc1Cl)c1c(F)cc(Br)cc1F. The molecular weight excluding hydrogens is 417 g/mol. The molecule has 0 aliphatic carbocycles. The molecule has 0 amide bonds. The van der Waals surface area contributed by atoms with Gasteiger partial charge in [-0.15, -0.1) is 0 Å². The van der Waals surface area contributed by atoms with Crippen molar-refractivity contribution in [1.29, 1.82) is 0 Å². The van der Waals surface area contributed by atoms with Crippen molar-refractivity contribution in [3.05, 3.63) is 67.1 Å². The molecule has 106 valence electrons. The van der Waals surface area contributed by atoms with Gasteiger partial charge >= 0.3 is 0 Å². The number of halogens is 5. The van der Waals surface area contributed by atoms with E-state index in [1.165, 1.54) is 0 Å². The van der Waals surface area contributed by atoms with Crippen LogP contribution in [0.25, 0.3) is 0 Å². The fourth-order valence-electron chi connectivity index (χ4n) is 1.87. The van der Waals surface area contributed by atoms with Crippen molar-refractivity contribution in [3.8, 4) is 0 Å². The summed E-state index contributed by atoms with van der Waals surface area (Å²) in [6.07, 6.45) is -1.27. The zero-order chi connectivity index (χ0) is 14.9. The molecule has 0 aliphatic heterocycles. The number of hydrogen-bond acceptors (Lipinski definition) is 1. The lowest BCUT2D eigenvalue weighted by molar-refractivity contribution is 0.168. The van der Waals surface area contributed by atoms with Gasteiger partial charge < -0.3 is 5.11 Å². The highest BCUT2D eigenvalue weighted by molar-refractivity contribution is 9.10. The molecule has 0 saturated heterocycles. The lowest BCUT2D eigenvalue weighted by atomic mass is 10.0. The molecule has 0 aliphatic rings. The molecule has 1 unspecified atom stereocenters. The molecule has 0 heterocycles. The monoisotopic (exact) mass is 424 g/mol. The van der Waals surface area contributed by atoms with Gasteiger partial charge in [-0.25, -0.2) is 8.78 Å². The lowest BCUT2D eigenvalue weighted by Crippen LogP contribution is -2.08. The Kier molecular flexibility index (Phi) is 5.18. The molecule has 1 N–H and O–H groups in total. The fraction of sp³-hybridized carbons (Fsp3) is 0.143. The second-order valence-corrected chi connectivity index (χ2v) is 6.48. The van der Waals surface area contributed by atoms with Gasteiger partial charge in [0.05, 0.1) is 11.7 Å². The Labute approximate surface area is 136 Å². The van der Waals surface area contributed by atoms with Gasteiger partial charge in [0.15, 0.2) is 0 Å². The van der Waals surface area contributed by atoms with Gasteiger partial charge in [-0.05, 0) is 29.8 Å². The van der Waals surface area contributed by atoms with E-state index in [1.54, 1.807) is 18.2 Å². The van der Waals surface area contributed by atoms with E-state index in [9.17, 15) is 13.9 Å². The first kappa shape index (κ1) is 15.9. The maximum Gasteiger partial charge on any atom is 0.133 e. The Balaban J connectivity index is 2.31. The number of rotatable bonds is 3. The van der Waals surface area contributed by atoms with E-state index in [0.717, 1.165) is 16.6 Å². The van der Waals surface area contributed by atoms with E-state index in [4.69, 9.17) is 11.6 Å². The van der Waals surface area contributed by atoms with E-state index in [0.29, 0.717) is 10.6 Å². The standard InChI is InChI=1S/C14H9Br2ClF2O/c15-8-2-1-7(10(17)4-8)3-13(20)14-11(18)5-9(16)6-12(14)19/h1-2,4-6,13,20H,3H2. The first-order valence-corrected chi connectivity index (χ1v) is 7.61. The first-order chi connectivity index (χ1) is 9.38. The second-order valence-electron chi connectivity index (χ2n) is 4.24. The Bertz CT molecular complexity index is 626. The third-order valence-electron chi connectivity index (χ3n) is 2.81. The van der Waals surface area contributed by atoms with Gasteiger partial charge in [0.1, 0.15) is 11.6 Å². The van der Waals surface area contributed by atoms with Crippen LogP contribution in [0.15, 0.2) is 39.3 Å². The molecule has 0 fully saturated rings. The second kappa shape index (κ2) is 6.52. The highest BCUT2D eigenvalue weighted by atomic mass is 79.9. The normalized spacial score (nSPS) is 12.5. The molecule has 0 bridgehead atoms. The highest BCUT2D eigenvalue weighted by Crippen LogP contribution is 2.30. The van der Waals surface area contributed by atoms with Crippen LogP contribution in [0.3, 0.4) is 0 Å². The minimum absolute atomic E-state index is 0.0294. The Morgan fingerprint density at radius 2 is 1.65 bits per heavy atom. The van der Waals surface area contributed by atoms with E-state index in [2.05, 4.69) is 31.9 Å². The van der Waals surface area contributed by atoms with Crippen LogP contribution < -0.4 is 0 Å². The van der Waals surface area contributed by atoms with Crippen molar-refractivity contribution in [3.63, 3.8) is 0 Å². The number of hydrogen-bond donors (Lipinski definition) is 1. The Morgan fingerprint density at radius 1 is 1.05 bits per heavy atom. The predicted octanol–water partition coefficient (Wildman–Crippen LogP) is 5.42. The van der Waals surface area contributed by atoms with Crippen LogP contribution in [-0.2, 0) is 6.42 Å². The van der Waals surface area contributed by atoms with Crippen LogP contribution in [0.5, 0.6) is 0 Å². The van der Waals surface area contributed by atoms with E-state index in [-0.39, 0.29) is 16.5 Å². The average molecular weight is 426 g/mol. The van der Waals surface area contributed by atoms with Crippen molar-refractivity contribution in [1.82, 2.24) is 0 Å². The van der Waals surface area contributed by atoms with Crippen molar-refractivity contribution in [2.45, 2.75) is 12.5 Å². The van der Waals surface area contributed by atoms with Crippen molar-refractivity contribution in [2.24, 2.45) is 0 Å². The highest BCUT2D eigenvalue weighted by Gasteiger charge is 2.20. The summed E-state index contributed by atoms with van der Waals surface area (Å²) in [5.74, 6) is -1.59. The lowest BCUT2D eigenvalue weighted by Gasteiger charge is -2.14. The predicted molar refractivity (Wildman–Crippen MR) is 81.9 cm³/mol. The number of aliphatic hydroxyl groups is 1. The summed E-state index contributed by atoms with van der Waals surface area (Å²) in [5.41, 5.74) is 0.260. The van der Waals surface area contributed by atoms with Gasteiger partial charge in [0.2, 0.25) is 0 Å². The maximum absolute atomic E-state index is 13.8. The molecule has 0 saturated carbocycles. The molecule has 20 heavy (non-hydrogen) atoms. The van der Waals surface area contributed by atoms with Gasteiger partial charge in [-0.2, -0.15) is 0 Å². The Morgan fingerprint density at radius 3 is 2.20 bits per heavy atom. The molecule has 2 aromatic rings. The zero-order valence-electron chi connectivity index (χ0n) is 10.0.